The third-order valence-corrected chi connectivity index (χ3v) is 4.00. The molecule has 0 radical (unpaired) electrons. The summed E-state index contributed by atoms with van der Waals surface area (Å²) < 4.78 is 14.0. The van der Waals surface area contributed by atoms with E-state index in [1.807, 2.05) is 59.8 Å². The van der Waals surface area contributed by atoms with Crippen LogP contribution in [0.2, 0.25) is 5.02 Å². The Morgan fingerprint density at radius 3 is 2.67 bits per heavy atom. The molecule has 1 atom stereocenters. The Bertz CT molecular complexity index is 559. The molecular weight excluding hydrogens is 364 g/mol. The van der Waals surface area contributed by atoms with E-state index < -0.39 is 0 Å². The first-order valence-corrected chi connectivity index (χ1v) is 6.99. The highest BCUT2D eigenvalue weighted by atomic mass is 127. The van der Waals surface area contributed by atoms with Crippen molar-refractivity contribution in [2.45, 2.75) is 13.0 Å². The van der Waals surface area contributed by atoms with E-state index in [9.17, 15) is 4.39 Å². The summed E-state index contributed by atoms with van der Waals surface area (Å²) in [5, 5.41) is 3.99. The monoisotopic (exact) mass is 375 g/mol. The summed E-state index contributed by atoms with van der Waals surface area (Å²) in [5.41, 5.74) is 1.87. The van der Waals surface area contributed by atoms with Crippen molar-refractivity contribution in [3.05, 3.63) is 62.4 Å². The number of anilines is 1. The predicted molar refractivity (Wildman–Crippen MR) is 82.6 cm³/mol. The second-order valence-electron chi connectivity index (χ2n) is 4.02. The summed E-state index contributed by atoms with van der Waals surface area (Å²) >= 11 is 7.96. The van der Waals surface area contributed by atoms with Crippen molar-refractivity contribution in [3.63, 3.8) is 0 Å². The molecule has 0 aromatic heterocycles. The molecule has 2 aromatic carbocycles. The molecule has 0 aliphatic carbocycles. The average molecular weight is 376 g/mol. The van der Waals surface area contributed by atoms with Gasteiger partial charge in [0.1, 0.15) is 5.82 Å². The van der Waals surface area contributed by atoms with Crippen LogP contribution in [0.1, 0.15) is 18.5 Å². The van der Waals surface area contributed by atoms with Crippen molar-refractivity contribution < 1.29 is 4.39 Å². The Labute approximate surface area is 124 Å². The molecular formula is C14H12ClFIN. The fourth-order valence-corrected chi connectivity index (χ4v) is 2.42. The zero-order valence-corrected chi connectivity index (χ0v) is 12.7. The van der Waals surface area contributed by atoms with Crippen molar-refractivity contribution in [2.75, 3.05) is 5.32 Å². The molecule has 0 aliphatic heterocycles. The highest BCUT2D eigenvalue weighted by Gasteiger charge is 2.09. The molecule has 0 fully saturated rings. The first-order valence-electron chi connectivity index (χ1n) is 5.54. The van der Waals surface area contributed by atoms with Gasteiger partial charge in [-0.1, -0.05) is 29.8 Å². The van der Waals surface area contributed by atoms with Crippen LogP contribution in [-0.2, 0) is 0 Å². The van der Waals surface area contributed by atoms with Crippen molar-refractivity contribution >= 4 is 39.9 Å². The zero-order valence-electron chi connectivity index (χ0n) is 9.75. The molecule has 1 unspecified atom stereocenters. The Kier molecular flexibility index (Phi) is 4.45. The highest BCUT2D eigenvalue weighted by molar-refractivity contribution is 14.1. The van der Waals surface area contributed by atoms with Gasteiger partial charge in [0.2, 0.25) is 0 Å². The zero-order chi connectivity index (χ0) is 13.1. The van der Waals surface area contributed by atoms with E-state index in [0.29, 0.717) is 8.59 Å². The summed E-state index contributed by atoms with van der Waals surface area (Å²) in [7, 11) is 0. The van der Waals surface area contributed by atoms with E-state index in [1.54, 1.807) is 6.07 Å². The van der Waals surface area contributed by atoms with Gasteiger partial charge in [-0.05, 0) is 59.3 Å². The Hall–Kier alpha value is -0.810. The fourth-order valence-electron chi connectivity index (χ4n) is 1.71. The lowest BCUT2D eigenvalue weighted by atomic mass is 10.1. The van der Waals surface area contributed by atoms with Gasteiger partial charge in [-0.3, -0.25) is 0 Å². The summed E-state index contributed by atoms with van der Waals surface area (Å²) in [6.07, 6.45) is 0. The molecule has 0 saturated carbocycles. The first-order chi connectivity index (χ1) is 8.58. The van der Waals surface area contributed by atoms with E-state index in [-0.39, 0.29) is 11.9 Å². The van der Waals surface area contributed by atoms with Gasteiger partial charge >= 0.3 is 0 Å². The number of hydrogen-bond acceptors (Lipinski definition) is 1. The Morgan fingerprint density at radius 1 is 1.22 bits per heavy atom. The van der Waals surface area contributed by atoms with Crippen LogP contribution in [0.3, 0.4) is 0 Å². The Morgan fingerprint density at radius 2 is 1.94 bits per heavy atom. The largest absolute Gasteiger partial charge is 0.378 e. The van der Waals surface area contributed by atoms with Crippen LogP contribution in [0.15, 0.2) is 42.5 Å². The lowest BCUT2D eigenvalue weighted by molar-refractivity contribution is 0.620. The molecule has 1 nitrogen and oxygen atoms in total. The van der Waals surface area contributed by atoms with Crippen LogP contribution in [0.4, 0.5) is 10.1 Å². The van der Waals surface area contributed by atoms with E-state index in [0.717, 1.165) is 11.3 Å². The molecule has 0 bridgehead atoms. The first kappa shape index (κ1) is 13.6. The van der Waals surface area contributed by atoms with Gasteiger partial charge in [-0.25, -0.2) is 4.39 Å². The number of benzene rings is 2. The molecule has 94 valence electrons. The van der Waals surface area contributed by atoms with Gasteiger partial charge < -0.3 is 5.32 Å². The minimum absolute atomic E-state index is 0.0685. The summed E-state index contributed by atoms with van der Waals surface area (Å²) in [4.78, 5) is 0. The maximum Gasteiger partial charge on any atom is 0.138 e. The maximum absolute atomic E-state index is 13.4. The van der Waals surface area contributed by atoms with E-state index >= 15 is 0 Å². The molecule has 18 heavy (non-hydrogen) atoms. The number of nitrogens with one attached hydrogen (secondary N) is 1. The third kappa shape index (κ3) is 3.14. The molecule has 2 aromatic rings. The number of halogens is 3. The summed E-state index contributed by atoms with van der Waals surface area (Å²) in [5.74, 6) is -0.209. The van der Waals surface area contributed by atoms with Crippen molar-refractivity contribution in [1.29, 1.82) is 0 Å². The SMILES string of the molecule is CC(Nc1cccc(F)c1I)c1cccc(Cl)c1. The van der Waals surface area contributed by atoms with Gasteiger partial charge in [-0.2, -0.15) is 0 Å². The van der Waals surface area contributed by atoms with Gasteiger partial charge in [0.05, 0.1) is 9.26 Å². The predicted octanol–water partition coefficient (Wildman–Crippen LogP) is 5.26. The van der Waals surface area contributed by atoms with Crippen molar-refractivity contribution in [2.24, 2.45) is 0 Å². The second-order valence-corrected chi connectivity index (χ2v) is 5.54. The number of hydrogen-bond donors (Lipinski definition) is 1. The number of rotatable bonds is 3. The molecule has 1 N–H and O–H groups in total. The van der Waals surface area contributed by atoms with Crippen LogP contribution >= 0.6 is 34.2 Å². The minimum Gasteiger partial charge on any atom is -0.378 e. The lowest BCUT2D eigenvalue weighted by Gasteiger charge is -2.17. The van der Waals surface area contributed by atoms with Gasteiger partial charge in [-0.15, -0.1) is 0 Å². The minimum atomic E-state index is -0.209. The second kappa shape index (κ2) is 5.89. The average Bonchev–Trinajstić information content (AvgIpc) is 2.35. The van der Waals surface area contributed by atoms with Crippen LogP contribution in [0, 0.1) is 9.39 Å². The van der Waals surface area contributed by atoms with E-state index in [4.69, 9.17) is 11.6 Å². The molecule has 0 aliphatic rings. The normalized spacial score (nSPS) is 12.2. The van der Waals surface area contributed by atoms with Crippen LogP contribution in [-0.4, -0.2) is 0 Å². The van der Waals surface area contributed by atoms with Gasteiger partial charge in [0, 0.05) is 11.1 Å². The third-order valence-electron chi connectivity index (χ3n) is 2.67. The topological polar surface area (TPSA) is 12.0 Å². The van der Waals surface area contributed by atoms with Crippen LogP contribution in [0.25, 0.3) is 0 Å². The molecule has 2 rings (SSSR count). The molecule has 0 saturated heterocycles. The lowest BCUT2D eigenvalue weighted by Crippen LogP contribution is -2.08. The molecule has 4 heteroatoms. The maximum atomic E-state index is 13.4. The highest BCUT2D eigenvalue weighted by Crippen LogP contribution is 2.26. The van der Waals surface area contributed by atoms with Crippen molar-refractivity contribution in [1.82, 2.24) is 0 Å². The van der Waals surface area contributed by atoms with Gasteiger partial charge in [0.15, 0.2) is 0 Å². The van der Waals surface area contributed by atoms with Crippen molar-refractivity contribution in [3.8, 4) is 0 Å². The smallest absolute Gasteiger partial charge is 0.138 e. The van der Waals surface area contributed by atoms with E-state index in [2.05, 4.69) is 5.32 Å². The molecule has 0 heterocycles. The summed E-state index contributed by atoms with van der Waals surface area (Å²) in [6.45, 7) is 2.02. The quantitative estimate of drug-likeness (QED) is 0.722. The fraction of sp³-hybridized carbons (Fsp3) is 0.143. The van der Waals surface area contributed by atoms with Gasteiger partial charge in [0.25, 0.3) is 0 Å². The molecule has 0 amide bonds. The summed E-state index contributed by atoms with van der Waals surface area (Å²) in [6, 6.07) is 12.7. The standard InChI is InChI=1S/C14H12ClFIN/c1-9(10-4-2-5-11(15)8-10)18-13-7-3-6-12(16)14(13)17/h2-9,18H,1H3. The van der Waals surface area contributed by atoms with Crippen LogP contribution in [0.5, 0.6) is 0 Å². The van der Waals surface area contributed by atoms with E-state index in [1.165, 1.54) is 6.07 Å². The van der Waals surface area contributed by atoms with Crippen LogP contribution < -0.4 is 5.32 Å². The molecule has 0 spiro atoms. The Balaban J connectivity index is 2.21.